The first-order valence-electron chi connectivity index (χ1n) is 7.28. The summed E-state index contributed by atoms with van der Waals surface area (Å²) in [4.78, 5) is 14.0. The highest BCUT2D eigenvalue weighted by atomic mass is 16.2. The first-order valence-corrected chi connectivity index (χ1v) is 7.28. The lowest BCUT2D eigenvalue weighted by atomic mass is 10.0. The molecule has 0 spiro atoms. The molecule has 1 N–H and O–H groups in total. The summed E-state index contributed by atoms with van der Waals surface area (Å²) in [5.41, 5.74) is 2.44. The number of hydrogen-bond donors (Lipinski definition) is 1. The molecule has 1 aromatic rings. The van der Waals surface area contributed by atoms with Crippen LogP contribution >= 0.6 is 0 Å². The van der Waals surface area contributed by atoms with E-state index in [-0.39, 0.29) is 5.91 Å². The van der Waals surface area contributed by atoms with Crippen molar-refractivity contribution in [2.45, 2.75) is 45.1 Å². The summed E-state index contributed by atoms with van der Waals surface area (Å²) < 4.78 is 0. The fourth-order valence-corrected chi connectivity index (χ4v) is 2.61. The number of para-hydroxylation sites is 1. The number of amides is 1. The van der Waals surface area contributed by atoms with Crippen LogP contribution in [0.5, 0.6) is 0 Å². The van der Waals surface area contributed by atoms with Crippen molar-refractivity contribution in [3.63, 3.8) is 0 Å². The Kier molecular flexibility index (Phi) is 4.97. The van der Waals surface area contributed by atoms with Gasteiger partial charge in [-0.2, -0.15) is 0 Å². The van der Waals surface area contributed by atoms with Gasteiger partial charge in [0.1, 0.15) is 0 Å². The van der Waals surface area contributed by atoms with Crippen LogP contribution in [0.25, 0.3) is 0 Å². The summed E-state index contributed by atoms with van der Waals surface area (Å²) in [6.45, 7) is 3.05. The number of nitrogens with one attached hydrogen (secondary N) is 1. The van der Waals surface area contributed by atoms with E-state index in [1.165, 1.54) is 12.0 Å². The second-order valence-corrected chi connectivity index (χ2v) is 5.36. The summed E-state index contributed by atoms with van der Waals surface area (Å²) in [5, 5.41) is 3.25. The zero-order valence-corrected chi connectivity index (χ0v) is 12.0. The molecule has 0 saturated heterocycles. The second kappa shape index (κ2) is 6.71. The van der Waals surface area contributed by atoms with Crippen molar-refractivity contribution in [3.8, 4) is 0 Å². The summed E-state index contributed by atoms with van der Waals surface area (Å²) in [7, 11) is 2.00. The molecule has 1 amide bonds. The van der Waals surface area contributed by atoms with Crippen molar-refractivity contribution >= 4 is 11.6 Å². The first kappa shape index (κ1) is 14.1. The highest BCUT2D eigenvalue weighted by Gasteiger charge is 2.22. The molecule has 3 nitrogen and oxygen atoms in total. The van der Waals surface area contributed by atoms with Gasteiger partial charge in [-0.05, 0) is 44.9 Å². The molecule has 0 fully saturated rings. The van der Waals surface area contributed by atoms with Crippen molar-refractivity contribution < 1.29 is 4.79 Å². The van der Waals surface area contributed by atoms with Crippen LogP contribution in [-0.4, -0.2) is 25.5 Å². The number of carbonyl (C=O) groups is 1. The Hall–Kier alpha value is -1.35. The normalized spacial score (nSPS) is 16.3. The standard InChI is InChI=1S/C16H24N2O/c1-13(17-2)7-5-6-12-18-15-9-4-3-8-14(15)10-11-16(18)19/h3-4,8-9,13,17H,5-7,10-12H2,1-2H3. The Morgan fingerprint density at radius 3 is 2.84 bits per heavy atom. The highest BCUT2D eigenvalue weighted by Crippen LogP contribution is 2.27. The number of unbranched alkanes of at least 4 members (excludes halogenated alkanes) is 1. The minimum absolute atomic E-state index is 0.278. The van der Waals surface area contributed by atoms with E-state index in [2.05, 4.69) is 30.4 Å². The average Bonchev–Trinajstić information content (AvgIpc) is 2.45. The van der Waals surface area contributed by atoms with Gasteiger partial charge in [-0.3, -0.25) is 4.79 Å². The van der Waals surface area contributed by atoms with Gasteiger partial charge in [0.15, 0.2) is 0 Å². The minimum Gasteiger partial charge on any atom is -0.317 e. The Balaban J connectivity index is 1.91. The highest BCUT2D eigenvalue weighted by molar-refractivity contribution is 5.96. The van der Waals surface area contributed by atoms with Gasteiger partial charge < -0.3 is 10.2 Å². The van der Waals surface area contributed by atoms with Crippen molar-refractivity contribution in [3.05, 3.63) is 29.8 Å². The van der Waals surface area contributed by atoms with Crippen LogP contribution in [0.15, 0.2) is 24.3 Å². The molecule has 1 atom stereocenters. The molecule has 0 aliphatic carbocycles. The van der Waals surface area contributed by atoms with Crippen molar-refractivity contribution in [1.29, 1.82) is 0 Å². The number of fused-ring (bicyclic) bond motifs is 1. The summed E-state index contributed by atoms with van der Waals surface area (Å²) in [6.07, 6.45) is 4.95. The van der Waals surface area contributed by atoms with E-state index in [1.54, 1.807) is 0 Å². The molecule has 2 rings (SSSR count). The molecule has 1 aliphatic heterocycles. The van der Waals surface area contributed by atoms with Crippen LogP contribution in [0, 0.1) is 0 Å². The molecule has 0 saturated carbocycles. The van der Waals surface area contributed by atoms with E-state index in [9.17, 15) is 4.79 Å². The van der Waals surface area contributed by atoms with Gasteiger partial charge in [-0.1, -0.05) is 24.6 Å². The third-order valence-corrected chi connectivity index (χ3v) is 3.95. The lowest BCUT2D eigenvalue weighted by molar-refractivity contribution is -0.118. The van der Waals surface area contributed by atoms with Crippen molar-refractivity contribution in [2.24, 2.45) is 0 Å². The average molecular weight is 260 g/mol. The molecule has 1 heterocycles. The maximum Gasteiger partial charge on any atom is 0.227 e. The Labute approximate surface area is 116 Å². The van der Waals surface area contributed by atoms with Gasteiger partial charge in [-0.15, -0.1) is 0 Å². The lowest BCUT2D eigenvalue weighted by Gasteiger charge is -2.29. The van der Waals surface area contributed by atoms with Crippen LogP contribution in [0.4, 0.5) is 5.69 Å². The van der Waals surface area contributed by atoms with Crippen LogP contribution in [-0.2, 0) is 11.2 Å². The maximum atomic E-state index is 12.1. The Morgan fingerprint density at radius 2 is 2.05 bits per heavy atom. The quantitative estimate of drug-likeness (QED) is 0.798. The summed E-state index contributed by atoms with van der Waals surface area (Å²) in [5.74, 6) is 0.278. The molecular formula is C16H24N2O. The van der Waals surface area contributed by atoms with Gasteiger partial charge in [0.05, 0.1) is 0 Å². The van der Waals surface area contributed by atoms with Crippen molar-refractivity contribution in [1.82, 2.24) is 5.32 Å². The van der Waals surface area contributed by atoms with Gasteiger partial charge in [0, 0.05) is 24.7 Å². The molecule has 104 valence electrons. The van der Waals surface area contributed by atoms with E-state index in [4.69, 9.17) is 0 Å². The van der Waals surface area contributed by atoms with Gasteiger partial charge in [-0.25, -0.2) is 0 Å². The molecular weight excluding hydrogens is 236 g/mol. The van der Waals surface area contributed by atoms with Crippen LogP contribution < -0.4 is 10.2 Å². The van der Waals surface area contributed by atoms with E-state index in [0.29, 0.717) is 12.5 Å². The largest absolute Gasteiger partial charge is 0.317 e. The number of rotatable bonds is 6. The fourth-order valence-electron chi connectivity index (χ4n) is 2.61. The van der Waals surface area contributed by atoms with Gasteiger partial charge >= 0.3 is 0 Å². The van der Waals surface area contributed by atoms with Gasteiger partial charge in [0.25, 0.3) is 0 Å². The molecule has 0 radical (unpaired) electrons. The van der Waals surface area contributed by atoms with Crippen LogP contribution in [0.2, 0.25) is 0 Å². The summed E-state index contributed by atoms with van der Waals surface area (Å²) in [6, 6.07) is 8.85. The predicted molar refractivity (Wildman–Crippen MR) is 79.5 cm³/mol. The molecule has 19 heavy (non-hydrogen) atoms. The second-order valence-electron chi connectivity index (χ2n) is 5.36. The van der Waals surface area contributed by atoms with Gasteiger partial charge in [0.2, 0.25) is 5.91 Å². The number of aryl methyl sites for hydroxylation is 1. The molecule has 1 aromatic carbocycles. The maximum absolute atomic E-state index is 12.1. The van der Waals surface area contributed by atoms with E-state index in [1.807, 2.05) is 18.0 Å². The van der Waals surface area contributed by atoms with E-state index >= 15 is 0 Å². The number of anilines is 1. The lowest BCUT2D eigenvalue weighted by Crippen LogP contribution is -2.36. The SMILES string of the molecule is CNC(C)CCCCN1C(=O)CCc2ccccc21. The predicted octanol–water partition coefficient (Wildman–Crippen LogP) is 2.74. The number of carbonyl (C=O) groups excluding carboxylic acids is 1. The molecule has 0 bridgehead atoms. The molecule has 3 heteroatoms. The smallest absolute Gasteiger partial charge is 0.227 e. The third-order valence-electron chi connectivity index (χ3n) is 3.95. The number of benzene rings is 1. The summed E-state index contributed by atoms with van der Waals surface area (Å²) >= 11 is 0. The minimum atomic E-state index is 0.278. The number of nitrogens with zero attached hydrogens (tertiary/aromatic N) is 1. The molecule has 1 unspecified atom stereocenters. The first-order chi connectivity index (χ1) is 9.22. The Bertz CT molecular complexity index is 431. The Morgan fingerprint density at radius 1 is 1.26 bits per heavy atom. The van der Waals surface area contributed by atoms with E-state index in [0.717, 1.165) is 31.5 Å². The van der Waals surface area contributed by atoms with Crippen LogP contribution in [0.3, 0.4) is 0 Å². The third kappa shape index (κ3) is 3.57. The van der Waals surface area contributed by atoms with Crippen molar-refractivity contribution in [2.75, 3.05) is 18.5 Å². The topological polar surface area (TPSA) is 32.3 Å². The zero-order chi connectivity index (χ0) is 13.7. The molecule has 0 aromatic heterocycles. The number of hydrogen-bond acceptors (Lipinski definition) is 2. The fraction of sp³-hybridized carbons (Fsp3) is 0.562. The zero-order valence-electron chi connectivity index (χ0n) is 12.0. The molecule has 1 aliphatic rings. The van der Waals surface area contributed by atoms with Crippen LogP contribution in [0.1, 0.15) is 38.2 Å². The monoisotopic (exact) mass is 260 g/mol. The van der Waals surface area contributed by atoms with E-state index < -0.39 is 0 Å².